The molecule has 0 saturated carbocycles. The molecule has 0 bridgehead atoms. The lowest BCUT2D eigenvalue weighted by Gasteiger charge is -2.18. The molecule has 60 valence electrons. The summed E-state index contributed by atoms with van der Waals surface area (Å²) in [6.07, 6.45) is 0. The highest BCUT2D eigenvalue weighted by molar-refractivity contribution is 6.13. The molecule has 3 N–H and O–H groups in total. The Morgan fingerprint density at radius 2 is 1.73 bits per heavy atom. The van der Waals surface area contributed by atoms with Gasteiger partial charge in [-0.2, -0.15) is 4.84 Å². The van der Waals surface area contributed by atoms with Crippen LogP contribution in [0.5, 0.6) is 0 Å². The minimum absolute atomic E-state index is 0.301. The lowest BCUT2D eigenvalue weighted by Crippen LogP contribution is -2.35. The number of hydrogen-bond acceptors (Lipinski definition) is 3. The van der Waals surface area contributed by atoms with Crippen molar-refractivity contribution in [2.75, 3.05) is 0 Å². The van der Waals surface area contributed by atoms with Gasteiger partial charge >= 0.3 is 0 Å². The lowest BCUT2D eigenvalue weighted by atomic mass is 10.2. The average molecular weight is 174 g/mol. The van der Waals surface area contributed by atoms with Crippen LogP contribution in [0.4, 0.5) is 0 Å². The molecule has 1 aromatic carbocycles. The van der Waals surface area contributed by atoms with E-state index in [9.17, 15) is 0 Å². The van der Waals surface area contributed by atoms with Gasteiger partial charge in [0.1, 0.15) is 0 Å². The minimum Gasteiger partial charge on any atom is -0.349 e. The first-order chi connectivity index (χ1) is 5.17. The molecule has 0 radical (unpaired) electrons. The summed E-state index contributed by atoms with van der Waals surface area (Å²) in [4.78, 5) is 1.84. The minimum atomic E-state index is -2.15. The zero-order valence-corrected chi connectivity index (χ0v) is 6.42. The van der Waals surface area contributed by atoms with Gasteiger partial charge in [-0.15, -0.1) is 0 Å². The molecule has 0 aliphatic carbocycles. The molecule has 0 unspecified atom stereocenters. The van der Waals surface area contributed by atoms with E-state index in [0.717, 1.165) is 0 Å². The molecule has 3 nitrogen and oxygen atoms in total. The summed E-state index contributed by atoms with van der Waals surface area (Å²) in [5.41, 5.74) is 0.301. The van der Waals surface area contributed by atoms with Gasteiger partial charge in [0.15, 0.2) is 0 Å². The van der Waals surface area contributed by atoms with Gasteiger partial charge in [0.2, 0.25) is 0 Å². The summed E-state index contributed by atoms with van der Waals surface area (Å²) in [6.45, 7) is 0. The number of nitrogens with one attached hydrogen (secondary N) is 1. The van der Waals surface area contributed by atoms with Crippen molar-refractivity contribution in [1.82, 2.24) is 4.84 Å². The van der Waals surface area contributed by atoms with Crippen molar-refractivity contribution in [3.05, 3.63) is 35.9 Å². The number of hydrogen-bond donors (Lipinski definition) is 3. The molecule has 0 aliphatic heterocycles. The third-order valence-corrected chi connectivity index (χ3v) is 1.57. The van der Waals surface area contributed by atoms with E-state index in [0.29, 0.717) is 5.56 Å². The van der Waals surface area contributed by atoms with Crippen LogP contribution in [0.15, 0.2) is 30.3 Å². The second-order valence-corrected chi connectivity index (χ2v) is 2.32. The van der Waals surface area contributed by atoms with E-state index >= 15 is 0 Å². The summed E-state index contributed by atoms with van der Waals surface area (Å²) < 4.78 is 0. The maximum absolute atomic E-state index is 9.11. The molecule has 0 heterocycles. The van der Waals surface area contributed by atoms with Crippen molar-refractivity contribution >= 4 is 11.8 Å². The Morgan fingerprint density at radius 1 is 1.18 bits per heavy atom. The van der Waals surface area contributed by atoms with E-state index in [1.165, 1.54) is 0 Å². The van der Waals surface area contributed by atoms with Gasteiger partial charge in [-0.05, 0) is 11.8 Å². The zero-order chi connectivity index (χ0) is 8.32. The molecule has 0 aromatic heterocycles. The molecule has 0 fully saturated rings. The Morgan fingerprint density at radius 3 is 2.18 bits per heavy atom. The second-order valence-electron chi connectivity index (χ2n) is 2.13. The maximum atomic E-state index is 9.11. The monoisotopic (exact) mass is 173 g/mol. The third kappa shape index (κ3) is 1.91. The van der Waals surface area contributed by atoms with Gasteiger partial charge in [0.05, 0.1) is 0 Å². The van der Waals surface area contributed by atoms with E-state index in [-0.39, 0.29) is 0 Å². The Labute approximate surface area is 69.3 Å². The normalized spacial score (nSPS) is 11.5. The van der Waals surface area contributed by atoms with Crippen molar-refractivity contribution in [3.63, 3.8) is 0 Å². The quantitative estimate of drug-likeness (QED) is 0.452. The summed E-state index contributed by atoms with van der Waals surface area (Å²) >= 11 is 5.08. The number of rotatable bonds is 2. The van der Waals surface area contributed by atoms with Crippen LogP contribution in [0, 0.1) is 0 Å². The number of benzene rings is 1. The maximum Gasteiger partial charge on any atom is 0.264 e. The van der Waals surface area contributed by atoms with Crippen LogP contribution in [0.3, 0.4) is 0 Å². The first-order valence-corrected chi connectivity index (χ1v) is 3.42. The Kier molecular flexibility index (Phi) is 2.46. The van der Waals surface area contributed by atoms with E-state index in [1.54, 1.807) is 30.3 Å². The predicted octanol–water partition coefficient (Wildman–Crippen LogP) is 0.525. The molecule has 1 aromatic rings. The SMILES string of the molecule is OC(O)(NCl)c1ccccc1. The highest BCUT2D eigenvalue weighted by Gasteiger charge is 2.23. The summed E-state index contributed by atoms with van der Waals surface area (Å²) in [5, 5.41) is 18.2. The fourth-order valence-corrected chi connectivity index (χ4v) is 0.834. The van der Waals surface area contributed by atoms with Crippen molar-refractivity contribution in [3.8, 4) is 0 Å². The Bertz CT molecular complexity index is 225. The predicted molar refractivity (Wildman–Crippen MR) is 41.5 cm³/mol. The fraction of sp³-hybridized carbons (Fsp3) is 0.143. The highest BCUT2D eigenvalue weighted by Crippen LogP contribution is 2.13. The molecule has 11 heavy (non-hydrogen) atoms. The summed E-state index contributed by atoms with van der Waals surface area (Å²) in [6, 6.07) is 8.24. The molecule has 0 spiro atoms. The van der Waals surface area contributed by atoms with Crippen LogP contribution in [-0.4, -0.2) is 10.2 Å². The number of aliphatic hydroxyl groups is 2. The van der Waals surface area contributed by atoms with Gasteiger partial charge in [0.25, 0.3) is 5.91 Å². The topological polar surface area (TPSA) is 52.5 Å². The molecular weight excluding hydrogens is 166 g/mol. The average Bonchev–Trinajstić information content (AvgIpc) is 2.06. The molecule has 0 amide bonds. The Balaban J connectivity index is 2.93. The van der Waals surface area contributed by atoms with Crippen LogP contribution in [0.1, 0.15) is 5.56 Å². The molecule has 4 heteroatoms. The fourth-order valence-electron chi connectivity index (χ4n) is 0.725. The van der Waals surface area contributed by atoms with Crippen molar-refractivity contribution in [2.24, 2.45) is 0 Å². The standard InChI is InChI=1S/C7H8ClNO2/c8-9-7(10,11)6-4-2-1-3-5-6/h1-5,9-11H. The van der Waals surface area contributed by atoms with E-state index < -0.39 is 5.91 Å². The van der Waals surface area contributed by atoms with Gasteiger partial charge in [-0.1, -0.05) is 30.3 Å². The Hall–Kier alpha value is -0.610. The van der Waals surface area contributed by atoms with E-state index in [4.69, 9.17) is 22.0 Å². The highest BCUT2D eigenvalue weighted by atomic mass is 35.5. The van der Waals surface area contributed by atoms with E-state index in [1.807, 2.05) is 4.84 Å². The van der Waals surface area contributed by atoms with Gasteiger partial charge in [0, 0.05) is 5.56 Å². The van der Waals surface area contributed by atoms with Gasteiger partial charge in [-0.25, -0.2) is 0 Å². The van der Waals surface area contributed by atoms with Gasteiger partial charge < -0.3 is 10.2 Å². The number of halogens is 1. The van der Waals surface area contributed by atoms with Crippen molar-refractivity contribution < 1.29 is 10.2 Å². The van der Waals surface area contributed by atoms with Crippen LogP contribution in [0.2, 0.25) is 0 Å². The van der Waals surface area contributed by atoms with Crippen LogP contribution in [0.25, 0.3) is 0 Å². The van der Waals surface area contributed by atoms with Crippen LogP contribution in [-0.2, 0) is 5.91 Å². The van der Waals surface area contributed by atoms with Crippen molar-refractivity contribution in [2.45, 2.75) is 5.91 Å². The largest absolute Gasteiger partial charge is 0.349 e. The molecular formula is C7H8ClNO2. The van der Waals surface area contributed by atoms with E-state index in [2.05, 4.69) is 0 Å². The zero-order valence-electron chi connectivity index (χ0n) is 5.66. The summed E-state index contributed by atoms with van der Waals surface area (Å²) in [5.74, 6) is -2.15. The first kappa shape index (κ1) is 8.49. The molecule has 0 saturated heterocycles. The van der Waals surface area contributed by atoms with Crippen molar-refractivity contribution in [1.29, 1.82) is 0 Å². The van der Waals surface area contributed by atoms with Crippen LogP contribution >= 0.6 is 11.8 Å². The summed E-state index contributed by atoms with van der Waals surface area (Å²) in [7, 11) is 0. The molecule has 0 atom stereocenters. The second kappa shape index (κ2) is 3.19. The lowest BCUT2D eigenvalue weighted by molar-refractivity contribution is -0.178. The smallest absolute Gasteiger partial charge is 0.264 e. The molecule has 1 rings (SSSR count). The molecule has 0 aliphatic rings. The van der Waals surface area contributed by atoms with Gasteiger partial charge in [-0.3, -0.25) is 0 Å². The van der Waals surface area contributed by atoms with Crippen LogP contribution < -0.4 is 4.84 Å². The first-order valence-electron chi connectivity index (χ1n) is 3.05. The third-order valence-electron chi connectivity index (χ3n) is 1.31.